The Morgan fingerprint density at radius 3 is 2.24 bits per heavy atom. The van der Waals surface area contributed by atoms with Crippen LogP contribution in [0.3, 0.4) is 0 Å². The number of hydrogen-bond donors (Lipinski definition) is 0. The summed E-state index contributed by atoms with van der Waals surface area (Å²) in [4.78, 5) is 12.7. The average Bonchev–Trinajstić information content (AvgIpc) is 2.90. The van der Waals surface area contributed by atoms with Gasteiger partial charge in [0.2, 0.25) is 0 Å². The van der Waals surface area contributed by atoms with E-state index in [0.717, 1.165) is 16.9 Å². The summed E-state index contributed by atoms with van der Waals surface area (Å²) in [7, 11) is 0. The fourth-order valence-corrected chi connectivity index (χ4v) is 2.35. The van der Waals surface area contributed by atoms with Gasteiger partial charge < -0.3 is 4.42 Å². The summed E-state index contributed by atoms with van der Waals surface area (Å²) in [6, 6.07) is 19.1. The third kappa shape index (κ3) is 2.65. The lowest BCUT2D eigenvalue weighted by atomic mass is 9.99. The Bertz CT molecular complexity index is 765. The second-order valence-electron chi connectivity index (χ2n) is 5.16. The highest BCUT2D eigenvalue weighted by Gasteiger charge is 2.19. The number of furan rings is 1. The van der Waals surface area contributed by atoms with E-state index in [1.165, 1.54) is 0 Å². The molecule has 0 unspecified atom stereocenters. The lowest BCUT2D eigenvalue weighted by Crippen LogP contribution is -2.01. The monoisotopic (exact) mass is 276 g/mol. The number of carbonyl (C=O) groups excluding carboxylic acids is 1. The van der Waals surface area contributed by atoms with Gasteiger partial charge in [0.15, 0.2) is 5.78 Å². The fourth-order valence-electron chi connectivity index (χ4n) is 2.35. The molecule has 0 saturated heterocycles. The average molecular weight is 276 g/mol. The first-order valence-electron chi connectivity index (χ1n) is 6.92. The summed E-state index contributed by atoms with van der Waals surface area (Å²) in [6.07, 6.45) is 0. The van der Waals surface area contributed by atoms with E-state index in [0.29, 0.717) is 16.9 Å². The maximum absolute atomic E-state index is 12.7. The van der Waals surface area contributed by atoms with E-state index in [2.05, 4.69) is 0 Å². The smallest absolute Gasteiger partial charge is 0.196 e. The van der Waals surface area contributed by atoms with Crippen LogP contribution in [0.2, 0.25) is 0 Å². The van der Waals surface area contributed by atoms with Crippen molar-refractivity contribution < 1.29 is 9.21 Å². The van der Waals surface area contributed by atoms with Gasteiger partial charge in [0.25, 0.3) is 0 Å². The summed E-state index contributed by atoms with van der Waals surface area (Å²) in [6.45, 7) is 3.87. The maximum Gasteiger partial charge on any atom is 0.196 e. The van der Waals surface area contributed by atoms with Gasteiger partial charge in [-0.2, -0.15) is 0 Å². The Morgan fingerprint density at radius 1 is 0.905 bits per heavy atom. The first-order valence-corrected chi connectivity index (χ1v) is 6.92. The first kappa shape index (κ1) is 13.4. The Hall–Kier alpha value is -2.61. The van der Waals surface area contributed by atoms with Crippen molar-refractivity contribution in [3.63, 3.8) is 0 Å². The topological polar surface area (TPSA) is 30.2 Å². The molecule has 0 radical (unpaired) electrons. The van der Waals surface area contributed by atoms with Gasteiger partial charge in [0, 0.05) is 11.1 Å². The van der Waals surface area contributed by atoms with Gasteiger partial charge in [-0.1, -0.05) is 60.2 Å². The van der Waals surface area contributed by atoms with Crippen LogP contribution >= 0.6 is 0 Å². The molecule has 0 bridgehead atoms. The molecule has 21 heavy (non-hydrogen) atoms. The molecule has 2 heteroatoms. The van der Waals surface area contributed by atoms with Crippen molar-refractivity contribution in [2.24, 2.45) is 0 Å². The molecule has 1 aromatic heterocycles. The quantitative estimate of drug-likeness (QED) is 0.643. The van der Waals surface area contributed by atoms with Crippen molar-refractivity contribution in [3.05, 3.63) is 83.1 Å². The van der Waals surface area contributed by atoms with Crippen molar-refractivity contribution in [3.8, 4) is 11.3 Å². The SMILES string of the molecule is Cc1ccc(C(=O)c2cc(C)oc2-c2ccccc2)cc1. The van der Waals surface area contributed by atoms with Crippen molar-refractivity contribution >= 4 is 5.78 Å². The number of ketones is 1. The number of benzene rings is 2. The molecule has 3 aromatic rings. The Balaban J connectivity index is 2.07. The fraction of sp³-hybridized carbons (Fsp3) is 0.105. The largest absolute Gasteiger partial charge is 0.461 e. The lowest BCUT2D eigenvalue weighted by Gasteiger charge is -2.03. The Morgan fingerprint density at radius 2 is 1.57 bits per heavy atom. The van der Waals surface area contributed by atoms with Gasteiger partial charge >= 0.3 is 0 Å². The van der Waals surface area contributed by atoms with Gasteiger partial charge in [-0.15, -0.1) is 0 Å². The van der Waals surface area contributed by atoms with E-state index in [-0.39, 0.29) is 5.78 Å². The summed E-state index contributed by atoms with van der Waals surface area (Å²) in [5.41, 5.74) is 3.35. The molecule has 0 spiro atoms. The van der Waals surface area contributed by atoms with Crippen LogP contribution in [0.1, 0.15) is 27.2 Å². The van der Waals surface area contributed by atoms with Crippen LogP contribution in [0.25, 0.3) is 11.3 Å². The second-order valence-corrected chi connectivity index (χ2v) is 5.16. The van der Waals surface area contributed by atoms with Crippen molar-refractivity contribution in [1.82, 2.24) is 0 Å². The molecule has 0 fully saturated rings. The second kappa shape index (κ2) is 5.41. The Labute approximate surface area is 124 Å². The van der Waals surface area contributed by atoms with Crippen LogP contribution in [0.5, 0.6) is 0 Å². The third-order valence-corrected chi connectivity index (χ3v) is 3.45. The van der Waals surface area contributed by atoms with E-state index >= 15 is 0 Å². The maximum atomic E-state index is 12.7. The van der Waals surface area contributed by atoms with Gasteiger partial charge in [0.1, 0.15) is 11.5 Å². The lowest BCUT2D eigenvalue weighted by molar-refractivity contribution is 0.103. The molecule has 104 valence electrons. The van der Waals surface area contributed by atoms with E-state index < -0.39 is 0 Å². The molecule has 0 aliphatic carbocycles. The first-order chi connectivity index (χ1) is 10.1. The highest BCUT2D eigenvalue weighted by Crippen LogP contribution is 2.29. The number of hydrogen-bond acceptors (Lipinski definition) is 2. The van der Waals surface area contributed by atoms with Crippen LogP contribution in [-0.4, -0.2) is 5.78 Å². The van der Waals surface area contributed by atoms with E-state index in [4.69, 9.17) is 4.42 Å². The van der Waals surface area contributed by atoms with E-state index in [1.54, 1.807) is 0 Å². The minimum Gasteiger partial charge on any atom is -0.461 e. The zero-order valence-corrected chi connectivity index (χ0v) is 12.1. The molecule has 0 aliphatic rings. The van der Waals surface area contributed by atoms with Crippen molar-refractivity contribution in [1.29, 1.82) is 0 Å². The zero-order chi connectivity index (χ0) is 14.8. The molecule has 2 nitrogen and oxygen atoms in total. The highest BCUT2D eigenvalue weighted by molar-refractivity contribution is 6.12. The van der Waals surface area contributed by atoms with Gasteiger partial charge in [-0.05, 0) is 19.9 Å². The van der Waals surface area contributed by atoms with Crippen LogP contribution in [0.15, 0.2) is 65.1 Å². The molecular weight excluding hydrogens is 260 g/mol. The molecule has 0 atom stereocenters. The molecule has 2 aromatic carbocycles. The summed E-state index contributed by atoms with van der Waals surface area (Å²) in [5.74, 6) is 1.37. The standard InChI is InChI=1S/C19H16O2/c1-13-8-10-15(11-9-13)18(20)17-12-14(2)21-19(17)16-6-4-3-5-7-16/h3-12H,1-2H3. The summed E-state index contributed by atoms with van der Waals surface area (Å²) >= 11 is 0. The number of carbonyl (C=O) groups is 1. The molecule has 0 saturated carbocycles. The van der Waals surface area contributed by atoms with Crippen LogP contribution in [-0.2, 0) is 0 Å². The minimum absolute atomic E-state index is 0.00861. The predicted molar refractivity (Wildman–Crippen MR) is 83.5 cm³/mol. The molecule has 1 heterocycles. The summed E-state index contributed by atoms with van der Waals surface area (Å²) < 4.78 is 5.75. The molecule has 3 rings (SSSR count). The van der Waals surface area contributed by atoms with Crippen LogP contribution in [0, 0.1) is 13.8 Å². The third-order valence-electron chi connectivity index (χ3n) is 3.45. The normalized spacial score (nSPS) is 10.6. The van der Waals surface area contributed by atoms with Crippen molar-refractivity contribution in [2.75, 3.05) is 0 Å². The number of aryl methyl sites for hydroxylation is 2. The molecule has 0 aliphatic heterocycles. The predicted octanol–water partition coefficient (Wildman–Crippen LogP) is 4.79. The molecule has 0 N–H and O–H groups in total. The number of rotatable bonds is 3. The molecular formula is C19H16O2. The molecule has 0 amide bonds. The zero-order valence-electron chi connectivity index (χ0n) is 12.1. The van der Waals surface area contributed by atoms with Gasteiger partial charge in [-0.3, -0.25) is 4.79 Å². The van der Waals surface area contributed by atoms with Crippen LogP contribution in [0.4, 0.5) is 0 Å². The van der Waals surface area contributed by atoms with E-state index in [9.17, 15) is 4.79 Å². The van der Waals surface area contributed by atoms with Crippen LogP contribution < -0.4 is 0 Å². The van der Waals surface area contributed by atoms with Gasteiger partial charge in [0.05, 0.1) is 5.56 Å². The Kier molecular flexibility index (Phi) is 3.44. The highest BCUT2D eigenvalue weighted by atomic mass is 16.3. The van der Waals surface area contributed by atoms with E-state index in [1.807, 2.05) is 74.5 Å². The van der Waals surface area contributed by atoms with Gasteiger partial charge in [-0.25, -0.2) is 0 Å². The summed E-state index contributed by atoms with van der Waals surface area (Å²) in [5, 5.41) is 0. The minimum atomic E-state index is -0.00861. The van der Waals surface area contributed by atoms with Crippen molar-refractivity contribution in [2.45, 2.75) is 13.8 Å².